The standard InChI is InChI=1S/C12H19NO3S/c1-12(2,3)11(14)9-7-5-6-8-10(9)17(15,16)13-4/h5-8,11,13-14H,1-4H3/t11-/m1/s1. The number of aliphatic hydroxyl groups is 1. The van der Waals surface area contributed by atoms with Crippen LogP contribution in [0.2, 0.25) is 0 Å². The molecule has 17 heavy (non-hydrogen) atoms. The average molecular weight is 257 g/mol. The molecule has 0 amide bonds. The molecule has 4 nitrogen and oxygen atoms in total. The van der Waals surface area contributed by atoms with Crippen molar-refractivity contribution in [3.8, 4) is 0 Å². The number of hydrogen-bond donors (Lipinski definition) is 2. The van der Waals surface area contributed by atoms with Gasteiger partial charge in [-0.15, -0.1) is 0 Å². The molecule has 0 saturated heterocycles. The Morgan fingerprint density at radius 2 is 1.76 bits per heavy atom. The first-order chi connectivity index (χ1) is 7.70. The van der Waals surface area contributed by atoms with Crippen LogP contribution in [0.15, 0.2) is 29.2 Å². The molecular weight excluding hydrogens is 238 g/mol. The van der Waals surface area contributed by atoms with E-state index in [1.54, 1.807) is 18.2 Å². The van der Waals surface area contributed by atoms with E-state index >= 15 is 0 Å². The molecular formula is C12H19NO3S. The Bertz CT molecular complexity index is 489. The highest BCUT2D eigenvalue weighted by Gasteiger charge is 2.28. The molecule has 0 aliphatic rings. The van der Waals surface area contributed by atoms with Gasteiger partial charge in [0.05, 0.1) is 11.0 Å². The Balaban J connectivity index is 3.37. The van der Waals surface area contributed by atoms with Crippen LogP contribution in [-0.4, -0.2) is 20.6 Å². The fraction of sp³-hybridized carbons (Fsp3) is 0.500. The lowest BCUT2D eigenvalue weighted by Gasteiger charge is -2.27. The van der Waals surface area contributed by atoms with Gasteiger partial charge in [0, 0.05) is 5.56 Å². The first-order valence-electron chi connectivity index (χ1n) is 5.40. The molecule has 0 spiro atoms. The van der Waals surface area contributed by atoms with Gasteiger partial charge in [-0.2, -0.15) is 0 Å². The van der Waals surface area contributed by atoms with Crippen LogP contribution in [0, 0.1) is 5.41 Å². The summed E-state index contributed by atoms with van der Waals surface area (Å²) in [6.07, 6.45) is -0.832. The second-order valence-corrected chi connectivity index (χ2v) is 6.87. The monoisotopic (exact) mass is 257 g/mol. The SMILES string of the molecule is CNS(=O)(=O)c1ccccc1[C@@H](O)C(C)(C)C. The lowest BCUT2D eigenvalue weighted by Crippen LogP contribution is -2.24. The summed E-state index contributed by atoms with van der Waals surface area (Å²) in [4.78, 5) is 0.130. The van der Waals surface area contributed by atoms with Crippen molar-refractivity contribution in [2.45, 2.75) is 31.8 Å². The maximum atomic E-state index is 11.8. The van der Waals surface area contributed by atoms with Crippen molar-refractivity contribution < 1.29 is 13.5 Å². The van der Waals surface area contributed by atoms with Gasteiger partial charge in [0.25, 0.3) is 0 Å². The van der Waals surface area contributed by atoms with Crippen LogP contribution < -0.4 is 4.72 Å². The third-order valence-electron chi connectivity index (χ3n) is 2.59. The lowest BCUT2D eigenvalue weighted by molar-refractivity contribution is 0.0602. The number of hydrogen-bond acceptors (Lipinski definition) is 3. The molecule has 2 N–H and O–H groups in total. The molecule has 5 heteroatoms. The van der Waals surface area contributed by atoms with Crippen molar-refractivity contribution in [2.75, 3.05) is 7.05 Å². The van der Waals surface area contributed by atoms with Gasteiger partial charge in [-0.3, -0.25) is 0 Å². The third kappa shape index (κ3) is 3.06. The van der Waals surface area contributed by atoms with Crippen LogP contribution in [0.5, 0.6) is 0 Å². The highest BCUT2D eigenvalue weighted by atomic mass is 32.2. The molecule has 0 unspecified atom stereocenters. The largest absolute Gasteiger partial charge is 0.388 e. The van der Waals surface area contributed by atoms with E-state index in [9.17, 15) is 13.5 Å². The van der Waals surface area contributed by atoms with Gasteiger partial charge in [0.15, 0.2) is 0 Å². The molecule has 96 valence electrons. The fourth-order valence-electron chi connectivity index (χ4n) is 1.53. The summed E-state index contributed by atoms with van der Waals surface area (Å²) in [5, 5.41) is 10.2. The molecule has 0 bridgehead atoms. The summed E-state index contributed by atoms with van der Waals surface area (Å²) in [7, 11) is -2.19. The van der Waals surface area contributed by atoms with Crippen molar-refractivity contribution in [3.63, 3.8) is 0 Å². The highest BCUT2D eigenvalue weighted by Crippen LogP contribution is 2.35. The van der Waals surface area contributed by atoms with Gasteiger partial charge in [0.1, 0.15) is 0 Å². The van der Waals surface area contributed by atoms with E-state index < -0.39 is 21.5 Å². The molecule has 0 heterocycles. The summed E-state index contributed by atoms with van der Waals surface area (Å²) < 4.78 is 25.9. The number of sulfonamides is 1. The first kappa shape index (κ1) is 14.2. The van der Waals surface area contributed by atoms with Crippen molar-refractivity contribution in [3.05, 3.63) is 29.8 Å². The van der Waals surface area contributed by atoms with Crippen LogP contribution in [0.1, 0.15) is 32.4 Å². The molecule has 0 radical (unpaired) electrons. The Morgan fingerprint density at radius 3 is 2.24 bits per heavy atom. The van der Waals surface area contributed by atoms with E-state index in [0.29, 0.717) is 5.56 Å². The highest BCUT2D eigenvalue weighted by molar-refractivity contribution is 7.89. The Morgan fingerprint density at radius 1 is 1.24 bits per heavy atom. The molecule has 1 aromatic rings. The average Bonchev–Trinajstić information content (AvgIpc) is 2.27. The summed E-state index contributed by atoms with van der Waals surface area (Å²) >= 11 is 0. The van der Waals surface area contributed by atoms with Crippen LogP contribution >= 0.6 is 0 Å². The van der Waals surface area contributed by atoms with E-state index in [0.717, 1.165) is 0 Å². The van der Waals surface area contributed by atoms with Crippen LogP contribution in [0.4, 0.5) is 0 Å². The van der Waals surface area contributed by atoms with E-state index in [1.165, 1.54) is 13.1 Å². The fourth-order valence-corrected chi connectivity index (χ4v) is 2.50. The summed E-state index contributed by atoms with van der Waals surface area (Å²) in [6, 6.07) is 6.50. The lowest BCUT2D eigenvalue weighted by atomic mass is 9.85. The van der Waals surface area contributed by atoms with Crippen molar-refractivity contribution in [1.82, 2.24) is 4.72 Å². The van der Waals surface area contributed by atoms with Crippen molar-refractivity contribution in [2.24, 2.45) is 5.41 Å². The van der Waals surface area contributed by atoms with Gasteiger partial charge in [0.2, 0.25) is 10.0 Å². The Hall–Kier alpha value is -0.910. The van der Waals surface area contributed by atoms with E-state index in [4.69, 9.17) is 0 Å². The zero-order valence-corrected chi connectivity index (χ0v) is 11.4. The number of rotatable bonds is 3. The quantitative estimate of drug-likeness (QED) is 0.865. The Labute approximate surface area is 103 Å². The normalized spacial score (nSPS) is 14.6. The first-order valence-corrected chi connectivity index (χ1v) is 6.89. The predicted octanol–water partition coefficient (Wildman–Crippen LogP) is 1.67. The minimum atomic E-state index is -3.54. The molecule has 0 aliphatic carbocycles. The van der Waals surface area contributed by atoms with Crippen LogP contribution in [0.25, 0.3) is 0 Å². The second kappa shape index (κ2) is 4.76. The number of benzene rings is 1. The second-order valence-electron chi connectivity index (χ2n) is 5.01. The molecule has 1 atom stereocenters. The van der Waals surface area contributed by atoms with E-state index in [2.05, 4.69) is 4.72 Å². The topological polar surface area (TPSA) is 66.4 Å². The minimum absolute atomic E-state index is 0.130. The van der Waals surface area contributed by atoms with Crippen LogP contribution in [-0.2, 0) is 10.0 Å². The number of aliphatic hydroxyl groups excluding tert-OH is 1. The Kier molecular flexibility index (Phi) is 3.96. The molecule has 0 aromatic heterocycles. The summed E-state index contributed by atoms with van der Waals surface area (Å²) in [6.45, 7) is 5.58. The maximum absolute atomic E-state index is 11.8. The molecule has 0 saturated carbocycles. The molecule has 1 rings (SSSR count). The van der Waals surface area contributed by atoms with Crippen LogP contribution in [0.3, 0.4) is 0 Å². The zero-order valence-electron chi connectivity index (χ0n) is 10.6. The van der Waals surface area contributed by atoms with Gasteiger partial charge in [-0.05, 0) is 18.5 Å². The summed E-state index contributed by atoms with van der Waals surface area (Å²) in [5.41, 5.74) is 0.00803. The zero-order chi connectivity index (χ0) is 13.3. The molecule has 0 fully saturated rings. The summed E-state index contributed by atoms with van der Waals surface area (Å²) in [5.74, 6) is 0. The smallest absolute Gasteiger partial charge is 0.240 e. The van der Waals surface area contributed by atoms with E-state index in [1.807, 2.05) is 20.8 Å². The van der Waals surface area contributed by atoms with E-state index in [-0.39, 0.29) is 4.90 Å². The predicted molar refractivity (Wildman–Crippen MR) is 67.1 cm³/mol. The van der Waals surface area contributed by atoms with Gasteiger partial charge in [-0.1, -0.05) is 39.0 Å². The van der Waals surface area contributed by atoms with Gasteiger partial charge in [-0.25, -0.2) is 13.1 Å². The van der Waals surface area contributed by atoms with Gasteiger partial charge >= 0.3 is 0 Å². The van der Waals surface area contributed by atoms with Gasteiger partial charge < -0.3 is 5.11 Å². The van der Waals surface area contributed by atoms with Crippen molar-refractivity contribution >= 4 is 10.0 Å². The van der Waals surface area contributed by atoms with Crippen molar-refractivity contribution in [1.29, 1.82) is 0 Å². The number of nitrogens with one attached hydrogen (secondary N) is 1. The molecule has 1 aromatic carbocycles. The molecule has 0 aliphatic heterocycles. The minimum Gasteiger partial charge on any atom is -0.388 e. The third-order valence-corrected chi connectivity index (χ3v) is 4.08. The maximum Gasteiger partial charge on any atom is 0.240 e.